The second kappa shape index (κ2) is 5.83. The molecule has 0 saturated carbocycles. The van der Waals surface area contributed by atoms with Gasteiger partial charge in [-0.2, -0.15) is 0 Å². The van der Waals surface area contributed by atoms with E-state index < -0.39 is 0 Å². The molecule has 1 N–H and O–H groups in total. The monoisotopic (exact) mass is 378 g/mol. The smallest absolute Gasteiger partial charge is 0.258 e. The number of hydrogen-bond donors (Lipinski definition) is 1. The number of carbonyl (C=O) groups is 1. The number of nitrogens with zero attached hydrogens (tertiary/aromatic N) is 1. The van der Waals surface area contributed by atoms with Crippen LogP contribution in [0.3, 0.4) is 0 Å². The van der Waals surface area contributed by atoms with Crippen LogP contribution in [0, 0.1) is 3.57 Å². The van der Waals surface area contributed by atoms with Crippen molar-refractivity contribution in [3.63, 3.8) is 0 Å². The first kappa shape index (κ1) is 13.4. The number of fused-ring (bicyclic) bond motifs is 1. The van der Waals surface area contributed by atoms with Gasteiger partial charge in [-0.25, -0.2) is 0 Å². The maximum atomic E-state index is 12.7. The molecule has 2 aromatic rings. The largest absolute Gasteiger partial charge is 0.383 e. The van der Waals surface area contributed by atoms with Crippen molar-refractivity contribution < 1.29 is 4.79 Å². The molecule has 0 aromatic heterocycles. The van der Waals surface area contributed by atoms with Crippen molar-refractivity contribution >= 4 is 39.9 Å². The average molecular weight is 378 g/mol. The highest BCUT2D eigenvalue weighted by molar-refractivity contribution is 14.1. The lowest BCUT2D eigenvalue weighted by atomic mass is 10.1. The Morgan fingerprint density at radius 3 is 2.65 bits per heavy atom. The van der Waals surface area contributed by atoms with E-state index in [-0.39, 0.29) is 5.91 Å². The third-order valence-electron chi connectivity index (χ3n) is 3.41. The lowest BCUT2D eigenvalue weighted by Gasteiger charge is -2.22. The third-order valence-corrected chi connectivity index (χ3v) is 4.12. The molecule has 3 nitrogen and oxygen atoms in total. The molecular formula is C16H15IN2O. The van der Waals surface area contributed by atoms with E-state index in [2.05, 4.69) is 27.9 Å². The molecule has 20 heavy (non-hydrogen) atoms. The summed E-state index contributed by atoms with van der Waals surface area (Å²) in [6.45, 7) is 1.64. The second-order valence-corrected chi connectivity index (χ2v) is 6.01. The minimum atomic E-state index is 0.0672. The van der Waals surface area contributed by atoms with Gasteiger partial charge in [-0.15, -0.1) is 0 Å². The molecule has 1 amide bonds. The lowest BCUT2D eigenvalue weighted by Crippen LogP contribution is -2.31. The van der Waals surface area contributed by atoms with E-state index in [1.165, 1.54) is 0 Å². The van der Waals surface area contributed by atoms with Crippen molar-refractivity contribution in [1.82, 2.24) is 0 Å². The molecule has 0 spiro atoms. The van der Waals surface area contributed by atoms with Crippen LogP contribution in [0.15, 0.2) is 48.5 Å². The zero-order valence-corrected chi connectivity index (χ0v) is 13.1. The van der Waals surface area contributed by atoms with Crippen molar-refractivity contribution in [3.8, 4) is 0 Å². The molecule has 4 heteroatoms. The molecule has 2 aromatic carbocycles. The van der Waals surface area contributed by atoms with Gasteiger partial charge in [-0.1, -0.05) is 12.1 Å². The van der Waals surface area contributed by atoms with Crippen LogP contribution in [-0.2, 0) is 0 Å². The maximum absolute atomic E-state index is 12.7. The van der Waals surface area contributed by atoms with Gasteiger partial charge in [0.15, 0.2) is 0 Å². The topological polar surface area (TPSA) is 32.3 Å². The molecule has 102 valence electrons. The standard InChI is InChI=1S/C16H15IN2O/c17-13-8-6-12(7-9-13)16(20)19-11-3-10-18-14-4-1-2-5-15(14)19/h1-2,4-9,18H,3,10-11H2. The molecule has 1 heterocycles. The predicted octanol–water partition coefficient (Wildman–Crippen LogP) is 3.75. The van der Waals surface area contributed by atoms with Crippen LogP contribution in [0.1, 0.15) is 16.8 Å². The van der Waals surface area contributed by atoms with Crippen molar-refractivity contribution in [2.45, 2.75) is 6.42 Å². The van der Waals surface area contributed by atoms with Crippen LogP contribution < -0.4 is 10.2 Å². The van der Waals surface area contributed by atoms with Gasteiger partial charge in [-0.3, -0.25) is 4.79 Å². The van der Waals surface area contributed by atoms with E-state index in [1.54, 1.807) is 0 Å². The number of rotatable bonds is 1. The minimum Gasteiger partial charge on any atom is -0.383 e. The first-order chi connectivity index (χ1) is 9.75. The van der Waals surface area contributed by atoms with Gasteiger partial charge in [0.25, 0.3) is 5.91 Å². The van der Waals surface area contributed by atoms with E-state index >= 15 is 0 Å². The number of benzene rings is 2. The van der Waals surface area contributed by atoms with Crippen molar-refractivity contribution in [2.24, 2.45) is 0 Å². The summed E-state index contributed by atoms with van der Waals surface area (Å²) in [7, 11) is 0. The van der Waals surface area contributed by atoms with Gasteiger partial charge in [0.2, 0.25) is 0 Å². The molecule has 0 radical (unpaired) electrons. The summed E-state index contributed by atoms with van der Waals surface area (Å²) >= 11 is 2.25. The lowest BCUT2D eigenvalue weighted by molar-refractivity contribution is 0.0987. The highest BCUT2D eigenvalue weighted by atomic mass is 127. The normalized spacial score (nSPS) is 14.2. The number of carbonyl (C=O) groups excluding carboxylic acids is 1. The van der Waals surface area contributed by atoms with Crippen molar-refractivity contribution in [3.05, 3.63) is 57.7 Å². The highest BCUT2D eigenvalue weighted by Crippen LogP contribution is 2.29. The number of para-hydroxylation sites is 2. The molecule has 3 rings (SSSR count). The van der Waals surface area contributed by atoms with Gasteiger partial charge in [-0.05, 0) is 65.4 Å². The quantitative estimate of drug-likeness (QED) is 0.767. The van der Waals surface area contributed by atoms with Crippen LogP contribution >= 0.6 is 22.6 Å². The number of hydrogen-bond acceptors (Lipinski definition) is 2. The van der Waals surface area contributed by atoms with Gasteiger partial charge in [0.1, 0.15) is 0 Å². The maximum Gasteiger partial charge on any atom is 0.258 e. The number of nitrogens with one attached hydrogen (secondary N) is 1. The summed E-state index contributed by atoms with van der Waals surface area (Å²) in [5, 5.41) is 3.38. The van der Waals surface area contributed by atoms with Crippen molar-refractivity contribution in [2.75, 3.05) is 23.3 Å². The van der Waals surface area contributed by atoms with E-state index in [9.17, 15) is 4.79 Å². The van der Waals surface area contributed by atoms with Crippen LogP contribution in [-0.4, -0.2) is 19.0 Å². The van der Waals surface area contributed by atoms with Crippen LogP contribution in [0.5, 0.6) is 0 Å². The summed E-state index contributed by atoms with van der Waals surface area (Å²) in [6, 6.07) is 15.7. The fourth-order valence-corrected chi connectivity index (χ4v) is 2.76. The van der Waals surface area contributed by atoms with Gasteiger partial charge in [0, 0.05) is 22.2 Å². The Labute approximate surface area is 132 Å². The summed E-state index contributed by atoms with van der Waals surface area (Å²) in [5.41, 5.74) is 2.74. The number of halogens is 1. The van der Waals surface area contributed by atoms with Gasteiger partial charge < -0.3 is 10.2 Å². The molecule has 0 atom stereocenters. The van der Waals surface area contributed by atoms with E-state index in [0.717, 1.165) is 40.0 Å². The molecule has 0 unspecified atom stereocenters. The SMILES string of the molecule is O=C(c1ccc(I)cc1)N1CCCNc2ccccc21. The number of amides is 1. The Hall–Kier alpha value is -1.56. The third kappa shape index (κ3) is 2.65. The van der Waals surface area contributed by atoms with Gasteiger partial charge in [0.05, 0.1) is 11.4 Å². The first-order valence-corrected chi connectivity index (χ1v) is 7.74. The van der Waals surface area contributed by atoms with Crippen molar-refractivity contribution in [1.29, 1.82) is 0 Å². The summed E-state index contributed by atoms with van der Waals surface area (Å²) in [6.07, 6.45) is 0.949. The van der Waals surface area contributed by atoms with Gasteiger partial charge >= 0.3 is 0 Å². The molecular weight excluding hydrogens is 363 g/mol. The predicted molar refractivity (Wildman–Crippen MR) is 90.4 cm³/mol. The van der Waals surface area contributed by atoms with Crippen LogP contribution in [0.2, 0.25) is 0 Å². The van der Waals surface area contributed by atoms with Crippen LogP contribution in [0.4, 0.5) is 11.4 Å². The molecule has 1 aliphatic rings. The summed E-state index contributed by atoms with van der Waals surface area (Å²) in [5.74, 6) is 0.0672. The minimum absolute atomic E-state index is 0.0672. The Bertz CT molecular complexity index is 625. The second-order valence-electron chi connectivity index (χ2n) is 4.76. The Morgan fingerprint density at radius 1 is 1.10 bits per heavy atom. The number of anilines is 2. The average Bonchev–Trinajstić information content (AvgIpc) is 2.69. The van der Waals surface area contributed by atoms with E-state index in [0.29, 0.717) is 0 Å². The Balaban J connectivity index is 1.97. The molecule has 1 aliphatic heterocycles. The molecule has 0 fully saturated rings. The van der Waals surface area contributed by atoms with E-state index in [1.807, 2.05) is 53.4 Å². The molecule has 0 aliphatic carbocycles. The molecule has 0 saturated heterocycles. The summed E-state index contributed by atoms with van der Waals surface area (Å²) in [4.78, 5) is 14.6. The highest BCUT2D eigenvalue weighted by Gasteiger charge is 2.21. The zero-order valence-electron chi connectivity index (χ0n) is 11.0. The summed E-state index contributed by atoms with van der Waals surface area (Å²) < 4.78 is 1.14. The molecule has 0 bridgehead atoms. The van der Waals surface area contributed by atoms with E-state index in [4.69, 9.17) is 0 Å². The fraction of sp³-hybridized carbons (Fsp3) is 0.188. The Morgan fingerprint density at radius 2 is 1.85 bits per heavy atom. The fourth-order valence-electron chi connectivity index (χ4n) is 2.40. The first-order valence-electron chi connectivity index (χ1n) is 6.66. The zero-order chi connectivity index (χ0) is 13.9. The Kier molecular flexibility index (Phi) is 3.91. The van der Waals surface area contributed by atoms with Crippen LogP contribution in [0.25, 0.3) is 0 Å².